The van der Waals surface area contributed by atoms with E-state index in [2.05, 4.69) is 17.4 Å². The fraction of sp³-hybridized carbons (Fsp3) is 0.625. The molecule has 1 aromatic carbocycles. The van der Waals surface area contributed by atoms with Crippen LogP contribution in [-0.4, -0.2) is 34.4 Å². The molecule has 4 nitrogen and oxygen atoms in total. The Kier molecular flexibility index (Phi) is 5.68. The van der Waals surface area contributed by atoms with E-state index in [-0.39, 0.29) is 0 Å². The van der Waals surface area contributed by atoms with Crippen LogP contribution in [0.1, 0.15) is 24.0 Å². The zero-order valence-corrected chi connectivity index (χ0v) is 12.7. The fourth-order valence-electron chi connectivity index (χ4n) is 2.92. The molecule has 0 aliphatic carbocycles. The predicted molar refractivity (Wildman–Crippen MR) is 79.6 cm³/mol. The van der Waals surface area contributed by atoms with Crippen molar-refractivity contribution in [1.29, 1.82) is 0 Å². The highest BCUT2D eigenvalue weighted by atomic mass is 16.5. The van der Waals surface area contributed by atoms with Crippen LogP contribution in [0, 0.1) is 5.92 Å². The summed E-state index contributed by atoms with van der Waals surface area (Å²) in [5, 5.41) is 3.47. The van der Waals surface area contributed by atoms with Crippen molar-refractivity contribution in [3.63, 3.8) is 0 Å². The van der Waals surface area contributed by atoms with Crippen molar-refractivity contribution < 1.29 is 14.2 Å². The topological polar surface area (TPSA) is 39.7 Å². The maximum atomic E-state index is 5.46. The summed E-state index contributed by atoms with van der Waals surface area (Å²) in [4.78, 5) is 0. The lowest BCUT2D eigenvalue weighted by Gasteiger charge is -2.23. The number of rotatable bonds is 6. The van der Waals surface area contributed by atoms with Crippen LogP contribution in [0.15, 0.2) is 12.1 Å². The Morgan fingerprint density at radius 2 is 2.05 bits per heavy atom. The van der Waals surface area contributed by atoms with Gasteiger partial charge in [0.2, 0.25) is 0 Å². The van der Waals surface area contributed by atoms with Crippen molar-refractivity contribution in [2.75, 3.05) is 34.4 Å². The molecule has 4 heteroatoms. The van der Waals surface area contributed by atoms with Gasteiger partial charge >= 0.3 is 0 Å². The second kappa shape index (κ2) is 7.50. The molecular weight excluding hydrogens is 254 g/mol. The van der Waals surface area contributed by atoms with Crippen molar-refractivity contribution in [2.24, 2.45) is 5.92 Å². The van der Waals surface area contributed by atoms with Crippen LogP contribution in [0.4, 0.5) is 0 Å². The van der Waals surface area contributed by atoms with E-state index in [4.69, 9.17) is 14.2 Å². The summed E-state index contributed by atoms with van der Waals surface area (Å²) in [5.41, 5.74) is 2.34. The number of nitrogens with one attached hydrogen (secondary N) is 1. The predicted octanol–water partition coefficient (Wildman–Crippen LogP) is 2.39. The Morgan fingerprint density at radius 1 is 1.20 bits per heavy atom. The van der Waals surface area contributed by atoms with Gasteiger partial charge in [0.1, 0.15) is 0 Å². The minimum absolute atomic E-state index is 0.538. The number of hydrogen-bond acceptors (Lipinski definition) is 4. The summed E-state index contributed by atoms with van der Waals surface area (Å²) in [7, 11) is 5.05. The van der Waals surface area contributed by atoms with Crippen LogP contribution in [-0.2, 0) is 17.8 Å². The van der Waals surface area contributed by atoms with Crippen LogP contribution in [0.2, 0.25) is 0 Å². The third-order valence-corrected chi connectivity index (χ3v) is 3.84. The molecule has 1 aliphatic heterocycles. The van der Waals surface area contributed by atoms with Gasteiger partial charge in [-0.2, -0.15) is 0 Å². The van der Waals surface area contributed by atoms with Crippen molar-refractivity contribution in [3.05, 3.63) is 23.3 Å². The molecule has 1 fully saturated rings. The van der Waals surface area contributed by atoms with E-state index in [1.807, 2.05) is 0 Å². The molecule has 112 valence electrons. The van der Waals surface area contributed by atoms with E-state index in [1.54, 1.807) is 21.3 Å². The largest absolute Gasteiger partial charge is 0.493 e. The number of piperidine rings is 1. The van der Waals surface area contributed by atoms with Gasteiger partial charge in [-0.15, -0.1) is 0 Å². The lowest BCUT2D eigenvalue weighted by atomic mass is 9.91. The number of ether oxygens (including phenoxy) is 3. The molecule has 1 atom stereocenters. The zero-order chi connectivity index (χ0) is 14.4. The van der Waals surface area contributed by atoms with Crippen LogP contribution >= 0.6 is 0 Å². The number of methoxy groups -OCH3 is 3. The van der Waals surface area contributed by atoms with Crippen molar-refractivity contribution in [1.82, 2.24) is 5.32 Å². The van der Waals surface area contributed by atoms with E-state index in [0.717, 1.165) is 36.6 Å². The standard InChI is InChI=1S/C16H25NO3/c1-18-11-14-8-13(7-12-5-4-6-17-10-12)9-15(19-2)16(14)20-3/h8-9,12,17H,4-7,10-11H2,1-3H3. The molecule has 1 saturated heterocycles. The third-order valence-electron chi connectivity index (χ3n) is 3.84. The Bertz CT molecular complexity index is 428. The Labute approximate surface area is 121 Å². The minimum Gasteiger partial charge on any atom is -0.493 e. The monoisotopic (exact) mass is 279 g/mol. The molecule has 0 aromatic heterocycles. The summed E-state index contributed by atoms with van der Waals surface area (Å²) in [6, 6.07) is 4.27. The van der Waals surface area contributed by atoms with Crippen LogP contribution in [0.25, 0.3) is 0 Å². The van der Waals surface area contributed by atoms with Gasteiger partial charge in [-0.1, -0.05) is 0 Å². The molecule has 1 heterocycles. The van der Waals surface area contributed by atoms with Gasteiger partial charge in [0.05, 0.1) is 20.8 Å². The van der Waals surface area contributed by atoms with E-state index < -0.39 is 0 Å². The molecule has 0 bridgehead atoms. The van der Waals surface area contributed by atoms with Crippen LogP contribution in [0.3, 0.4) is 0 Å². The molecule has 20 heavy (non-hydrogen) atoms. The molecular formula is C16H25NO3. The highest BCUT2D eigenvalue weighted by Crippen LogP contribution is 2.34. The first-order chi connectivity index (χ1) is 9.78. The molecule has 0 spiro atoms. The first kappa shape index (κ1) is 15.1. The van der Waals surface area contributed by atoms with E-state index in [0.29, 0.717) is 12.5 Å². The fourth-order valence-corrected chi connectivity index (χ4v) is 2.92. The van der Waals surface area contributed by atoms with Crippen molar-refractivity contribution in [2.45, 2.75) is 25.9 Å². The first-order valence-electron chi connectivity index (χ1n) is 7.22. The molecule has 2 rings (SSSR count). The minimum atomic E-state index is 0.538. The van der Waals surface area contributed by atoms with E-state index in [1.165, 1.54) is 18.4 Å². The average molecular weight is 279 g/mol. The smallest absolute Gasteiger partial charge is 0.166 e. The molecule has 1 N–H and O–H groups in total. The zero-order valence-electron chi connectivity index (χ0n) is 12.7. The Hall–Kier alpha value is -1.26. The van der Waals surface area contributed by atoms with Gasteiger partial charge in [-0.3, -0.25) is 0 Å². The third kappa shape index (κ3) is 3.64. The van der Waals surface area contributed by atoms with Gasteiger partial charge < -0.3 is 19.5 Å². The maximum Gasteiger partial charge on any atom is 0.166 e. The molecule has 0 amide bonds. The summed E-state index contributed by atoms with van der Waals surface area (Å²) in [6.07, 6.45) is 3.63. The van der Waals surface area contributed by atoms with Gasteiger partial charge in [-0.05, 0) is 56.0 Å². The van der Waals surface area contributed by atoms with E-state index >= 15 is 0 Å². The van der Waals surface area contributed by atoms with Gasteiger partial charge in [0.25, 0.3) is 0 Å². The highest BCUT2D eigenvalue weighted by molar-refractivity contribution is 5.49. The van der Waals surface area contributed by atoms with E-state index in [9.17, 15) is 0 Å². The van der Waals surface area contributed by atoms with Gasteiger partial charge in [0.15, 0.2) is 11.5 Å². The Morgan fingerprint density at radius 3 is 2.65 bits per heavy atom. The van der Waals surface area contributed by atoms with Crippen molar-refractivity contribution in [3.8, 4) is 11.5 Å². The lowest BCUT2D eigenvalue weighted by molar-refractivity contribution is 0.180. The number of benzene rings is 1. The molecule has 0 radical (unpaired) electrons. The van der Waals surface area contributed by atoms with Crippen molar-refractivity contribution >= 4 is 0 Å². The second-order valence-electron chi connectivity index (χ2n) is 5.34. The van der Waals surface area contributed by atoms with Gasteiger partial charge in [-0.25, -0.2) is 0 Å². The first-order valence-corrected chi connectivity index (χ1v) is 7.22. The summed E-state index contributed by atoms with van der Waals surface area (Å²) in [6.45, 7) is 2.79. The highest BCUT2D eigenvalue weighted by Gasteiger charge is 2.17. The van der Waals surface area contributed by atoms with Gasteiger partial charge in [0, 0.05) is 12.7 Å². The normalized spacial score (nSPS) is 18.9. The quantitative estimate of drug-likeness (QED) is 0.868. The second-order valence-corrected chi connectivity index (χ2v) is 5.34. The molecule has 1 unspecified atom stereocenters. The lowest BCUT2D eigenvalue weighted by Crippen LogP contribution is -2.30. The summed E-state index contributed by atoms with van der Waals surface area (Å²) >= 11 is 0. The molecule has 1 aliphatic rings. The molecule has 1 aromatic rings. The summed E-state index contributed by atoms with van der Waals surface area (Å²) < 4.78 is 16.2. The number of hydrogen-bond donors (Lipinski definition) is 1. The average Bonchev–Trinajstić information content (AvgIpc) is 2.48. The Balaban J connectivity index is 2.21. The van der Waals surface area contributed by atoms with Crippen LogP contribution < -0.4 is 14.8 Å². The SMILES string of the molecule is COCc1cc(CC2CCCNC2)cc(OC)c1OC. The summed E-state index contributed by atoms with van der Waals surface area (Å²) in [5.74, 6) is 2.28. The van der Waals surface area contributed by atoms with Crippen LogP contribution in [0.5, 0.6) is 11.5 Å². The maximum absolute atomic E-state index is 5.46. The molecule has 0 saturated carbocycles.